The van der Waals surface area contributed by atoms with Crippen molar-refractivity contribution >= 4 is 11.8 Å². The van der Waals surface area contributed by atoms with E-state index in [0.717, 1.165) is 18.9 Å². The molecule has 0 aliphatic carbocycles. The molecule has 0 unspecified atom stereocenters. The van der Waals surface area contributed by atoms with Crippen LogP contribution in [0.25, 0.3) is 0 Å². The lowest BCUT2D eigenvalue weighted by Crippen LogP contribution is -2.40. The zero-order valence-corrected chi connectivity index (χ0v) is 15.0. The summed E-state index contributed by atoms with van der Waals surface area (Å²) in [5.74, 6) is -0.521. The number of carbonyl (C=O) groups excluding carboxylic acids is 2. The molecule has 0 spiro atoms. The number of nitrogens with one attached hydrogen (secondary N) is 2. The third-order valence-electron chi connectivity index (χ3n) is 4.02. The number of hydrogen-bond acceptors (Lipinski definition) is 2. The van der Waals surface area contributed by atoms with Crippen molar-refractivity contribution in [3.05, 3.63) is 12.7 Å². The zero-order chi connectivity index (χ0) is 17.2. The van der Waals surface area contributed by atoms with Gasteiger partial charge in [0, 0.05) is 6.42 Å². The van der Waals surface area contributed by atoms with Gasteiger partial charge in [-0.2, -0.15) is 0 Å². The maximum atomic E-state index is 11.4. The molecule has 0 fully saturated rings. The van der Waals surface area contributed by atoms with Gasteiger partial charge in [-0.05, 0) is 12.5 Å². The first-order chi connectivity index (χ1) is 11.2. The van der Waals surface area contributed by atoms with E-state index in [-0.39, 0.29) is 11.8 Å². The Hall–Kier alpha value is -1.32. The van der Waals surface area contributed by atoms with Gasteiger partial charge >= 0.3 is 0 Å². The Balaban J connectivity index is 3.17. The molecule has 4 nitrogen and oxygen atoms in total. The fourth-order valence-electron chi connectivity index (χ4n) is 2.55. The molecule has 0 saturated heterocycles. The van der Waals surface area contributed by atoms with Crippen LogP contribution in [0.1, 0.15) is 96.8 Å². The first-order valence-corrected chi connectivity index (χ1v) is 9.42. The van der Waals surface area contributed by atoms with Crippen molar-refractivity contribution in [1.82, 2.24) is 10.9 Å². The van der Waals surface area contributed by atoms with E-state index in [9.17, 15) is 9.59 Å². The topological polar surface area (TPSA) is 58.2 Å². The van der Waals surface area contributed by atoms with Crippen LogP contribution in [0.3, 0.4) is 0 Å². The van der Waals surface area contributed by atoms with Crippen LogP contribution in [0, 0.1) is 0 Å². The number of carbonyl (C=O) groups is 2. The van der Waals surface area contributed by atoms with E-state index in [1.54, 1.807) is 0 Å². The van der Waals surface area contributed by atoms with Gasteiger partial charge in [0.15, 0.2) is 0 Å². The predicted octanol–water partition coefficient (Wildman–Crippen LogP) is 4.80. The molecule has 0 saturated carbocycles. The highest BCUT2D eigenvalue weighted by Crippen LogP contribution is 2.12. The SMILES string of the molecule is C=CC(=O)NNC(=O)CCCCCCCCCCCCCCC. The minimum absolute atomic E-state index is 0.136. The lowest BCUT2D eigenvalue weighted by molar-refractivity contribution is -0.126. The molecule has 0 rings (SSSR count). The third-order valence-corrected chi connectivity index (χ3v) is 4.02. The van der Waals surface area contributed by atoms with Crippen LogP contribution in [0.15, 0.2) is 12.7 Å². The minimum Gasteiger partial charge on any atom is -0.273 e. The second kappa shape index (κ2) is 17.0. The van der Waals surface area contributed by atoms with Crippen LogP contribution in [0.4, 0.5) is 0 Å². The fourth-order valence-corrected chi connectivity index (χ4v) is 2.55. The molecular formula is C19H36N2O2. The summed E-state index contributed by atoms with van der Waals surface area (Å²) in [5, 5.41) is 0. The molecule has 0 bridgehead atoms. The largest absolute Gasteiger partial charge is 0.273 e. The molecule has 4 heteroatoms. The smallest absolute Gasteiger partial charge is 0.261 e. The normalized spacial score (nSPS) is 10.3. The molecule has 0 aromatic carbocycles. The van der Waals surface area contributed by atoms with Crippen LogP contribution in [0.2, 0.25) is 0 Å². The van der Waals surface area contributed by atoms with Gasteiger partial charge in [0.1, 0.15) is 0 Å². The summed E-state index contributed by atoms with van der Waals surface area (Å²) in [5.41, 5.74) is 4.64. The molecule has 0 aromatic heterocycles. The Morgan fingerprint density at radius 2 is 1.17 bits per heavy atom. The molecule has 134 valence electrons. The molecule has 2 amide bonds. The molecule has 23 heavy (non-hydrogen) atoms. The standard InChI is InChI=1S/C19H36N2O2/c1-3-5-6-7-8-9-10-11-12-13-14-15-16-17-19(23)21-20-18(22)4-2/h4H,2-3,5-17H2,1H3,(H,20,22)(H,21,23). The Labute approximate surface area is 142 Å². The van der Waals surface area contributed by atoms with Gasteiger partial charge in [-0.15, -0.1) is 0 Å². The second-order valence-electron chi connectivity index (χ2n) is 6.23. The van der Waals surface area contributed by atoms with Crippen LogP contribution in [0.5, 0.6) is 0 Å². The summed E-state index contributed by atoms with van der Waals surface area (Å²) in [4.78, 5) is 22.3. The zero-order valence-electron chi connectivity index (χ0n) is 15.0. The Bertz CT molecular complexity index is 316. The van der Waals surface area contributed by atoms with E-state index in [1.165, 1.54) is 70.6 Å². The number of amides is 2. The predicted molar refractivity (Wildman–Crippen MR) is 96.8 cm³/mol. The van der Waals surface area contributed by atoms with Crippen molar-refractivity contribution in [2.24, 2.45) is 0 Å². The van der Waals surface area contributed by atoms with Gasteiger partial charge in [0.25, 0.3) is 5.91 Å². The first kappa shape index (κ1) is 21.7. The highest BCUT2D eigenvalue weighted by Gasteiger charge is 2.01. The lowest BCUT2D eigenvalue weighted by Gasteiger charge is -2.05. The molecule has 0 radical (unpaired) electrons. The Morgan fingerprint density at radius 3 is 1.61 bits per heavy atom. The fraction of sp³-hybridized carbons (Fsp3) is 0.789. The van der Waals surface area contributed by atoms with Crippen molar-refractivity contribution in [3.8, 4) is 0 Å². The van der Waals surface area contributed by atoms with E-state index in [1.807, 2.05) is 0 Å². The van der Waals surface area contributed by atoms with Crippen LogP contribution in [-0.2, 0) is 9.59 Å². The summed E-state index contributed by atoms with van der Waals surface area (Å²) in [6, 6.07) is 0. The molecule has 0 heterocycles. The molecule has 0 aliphatic rings. The highest BCUT2D eigenvalue weighted by atomic mass is 16.2. The van der Waals surface area contributed by atoms with Crippen LogP contribution in [-0.4, -0.2) is 11.8 Å². The summed E-state index contributed by atoms with van der Waals surface area (Å²) in [6.45, 7) is 5.57. The van der Waals surface area contributed by atoms with E-state index < -0.39 is 0 Å². The van der Waals surface area contributed by atoms with E-state index >= 15 is 0 Å². The monoisotopic (exact) mass is 324 g/mol. The maximum absolute atomic E-state index is 11.4. The Kier molecular flexibility index (Phi) is 16.1. The van der Waals surface area contributed by atoms with Gasteiger partial charge in [-0.1, -0.05) is 90.6 Å². The van der Waals surface area contributed by atoms with Crippen molar-refractivity contribution in [3.63, 3.8) is 0 Å². The van der Waals surface area contributed by atoms with Gasteiger partial charge in [-0.3, -0.25) is 20.4 Å². The van der Waals surface area contributed by atoms with Gasteiger partial charge < -0.3 is 0 Å². The van der Waals surface area contributed by atoms with Crippen molar-refractivity contribution < 1.29 is 9.59 Å². The van der Waals surface area contributed by atoms with Crippen LogP contribution < -0.4 is 10.9 Å². The molecule has 0 aliphatic heterocycles. The van der Waals surface area contributed by atoms with Gasteiger partial charge in [0.2, 0.25) is 5.91 Å². The molecule has 2 N–H and O–H groups in total. The highest BCUT2D eigenvalue weighted by molar-refractivity contribution is 5.89. The summed E-state index contributed by atoms with van der Waals surface area (Å²) in [7, 11) is 0. The maximum Gasteiger partial charge on any atom is 0.261 e. The number of unbranched alkanes of at least 4 members (excludes halogenated alkanes) is 12. The summed E-state index contributed by atoms with van der Waals surface area (Å²) < 4.78 is 0. The van der Waals surface area contributed by atoms with Gasteiger partial charge in [0.05, 0.1) is 0 Å². The molecule has 0 aromatic rings. The van der Waals surface area contributed by atoms with Gasteiger partial charge in [-0.25, -0.2) is 0 Å². The average molecular weight is 325 g/mol. The second-order valence-corrected chi connectivity index (χ2v) is 6.23. The average Bonchev–Trinajstić information content (AvgIpc) is 2.56. The first-order valence-electron chi connectivity index (χ1n) is 9.42. The molecular weight excluding hydrogens is 288 g/mol. The van der Waals surface area contributed by atoms with E-state index in [0.29, 0.717) is 6.42 Å². The quantitative estimate of drug-likeness (QED) is 0.258. The number of hydrazine groups is 1. The number of rotatable bonds is 15. The van der Waals surface area contributed by atoms with E-state index in [2.05, 4.69) is 24.4 Å². The van der Waals surface area contributed by atoms with Crippen molar-refractivity contribution in [1.29, 1.82) is 0 Å². The number of hydrogen-bond donors (Lipinski definition) is 2. The summed E-state index contributed by atoms with van der Waals surface area (Å²) >= 11 is 0. The third kappa shape index (κ3) is 16.9. The summed E-state index contributed by atoms with van der Waals surface area (Å²) in [6.07, 6.45) is 18.4. The molecule has 0 atom stereocenters. The Morgan fingerprint density at radius 1 is 0.739 bits per heavy atom. The lowest BCUT2D eigenvalue weighted by atomic mass is 10.0. The minimum atomic E-state index is -0.385. The van der Waals surface area contributed by atoms with Crippen molar-refractivity contribution in [2.75, 3.05) is 0 Å². The van der Waals surface area contributed by atoms with Crippen molar-refractivity contribution in [2.45, 2.75) is 96.8 Å². The van der Waals surface area contributed by atoms with Crippen LogP contribution >= 0.6 is 0 Å². The van der Waals surface area contributed by atoms with E-state index in [4.69, 9.17) is 0 Å².